The fraction of sp³-hybridized carbons (Fsp3) is 0.368. The van der Waals surface area contributed by atoms with Crippen molar-refractivity contribution in [2.24, 2.45) is 16.7 Å². The van der Waals surface area contributed by atoms with E-state index in [2.05, 4.69) is 0 Å². The normalized spacial score (nSPS) is 34.5. The number of fused-ring (bicyclic) bond motifs is 2. The summed E-state index contributed by atoms with van der Waals surface area (Å²) in [6.45, 7) is 3.29. The minimum absolute atomic E-state index is 0.409. The molecule has 0 aliphatic carbocycles. The Bertz CT molecular complexity index is 907. The highest BCUT2D eigenvalue weighted by Crippen LogP contribution is 2.65. The number of nitriles is 3. The number of nitrogens with zero attached hydrogens (tertiary/aromatic N) is 3. The summed E-state index contributed by atoms with van der Waals surface area (Å²) in [5.74, 6) is -3.37. The van der Waals surface area contributed by atoms with Gasteiger partial charge >= 0.3 is 0 Å². The zero-order chi connectivity index (χ0) is 19.2. The van der Waals surface area contributed by atoms with Crippen LogP contribution in [0.2, 0.25) is 0 Å². The minimum Gasteiger partial charge on any atom is -0.443 e. The molecule has 0 spiro atoms. The molecule has 1 aromatic carbocycles. The van der Waals surface area contributed by atoms with Gasteiger partial charge in [0.25, 0.3) is 0 Å². The summed E-state index contributed by atoms with van der Waals surface area (Å²) in [5, 5.41) is 38.0. The van der Waals surface area contributed by atoms with Gasteiger partial charge in [0.05, 0.1) is 24.1 Å². The molecule has 6 nitrogen and oxygen atoms in total. The average molecular weight is 350 g/mol. The summed E-state index contributed by atoms with van der Waals surface area (Å²) in [6, 6.07) is 11.2. The quantitative estimate of drug-likeness (QED) is 0.823. The number of benzene rings is 1. The highest BCUT2D eigenvalue weighted by molar-refractivity contribution is 5.89. The number of halogens is 1. The zero-order valence-corrected chi connectivity index (χ0v) is 14.2. The van der Waals surface area contributed by atoms with Crippen molar-refractivity contribution in [1.29, 1.82) is 21.2 Å². The van der Waals surface area contributed by atoms with Gasteiger partial charge in [-0.05, 0) is 31.2 Å². The van der Waals surface area contributed by atoms with Gasteiger partial charge in [-0.1, -0.05) is 19.1 Å². The average Bonchev–Trinajstić information content (AvgIpc) is 2.80. The highest BCUT2D eigenvalue weighted by atomic mass is 19.1. The largest absolute Gasteiger partial charge is 0.443 e. The van der Waals surface area contributed by atoms with Crippen molar-refractivity contribution in [3.05, 3.63) is 47.8 Å². The van der Waals surface area contributed by atoms with E-state index in [1.165, 1.54) is 30.3 Å². The molecule has 130 valence electrons. The SMILES string of the molecule is CC=CC1OC2(c3ccc(F)cc3)OC(=N)C(C#N)(C2C)C1(C#N)C#N. The van der Waals surface area contributed by atoms with Crippen LogP contribution in [0.25, 0.3) is 0 Å². The van der Waals surface area contributed by atoms with Crippen molar-refractivity contribution in [2.45, 2.75) is 25.7 Å². The summed E-state index contributed by atoms with van der Waals surface area (Å²) in [5.41, 5.74) is -3.37. The summed E-state index contributed by atoms with van der Waals surface area (Å²) in [4.78, 5) is 0. The van der Waals surface area contributed by atoms with E-state index in [1.54, 1.807) is 19.9 Å². The Kier molecular flexibility index (Phi) is 3.83. The Morgan fingerprint density at radius 3 is 2.27 bits per heavy atom. The van der Waals surface area contributed by atoms with Crippen LogP contribution in [0.5, 0.6) is 0 Å². The summed E-state index contributed by atoms with van der Waals surface area (Å²) >= 11 is 0. The molecule has 0 radical (unpaired) electrons. The molecule has 2 aliphatic rings. The first-order chi connectivity index (χ1) is 12.4. The van der Waals surface area contributed by atoms with E-state index in [0.29, 0.717) is 5.56 Å². The summed E-state index contributed by atoms with van der Waals surface area (Å²) in [6.07, 6.45) is 2.01. The van der Waals surface area contributed by atoms with Crippen molar-refractivity contribution in [2.75, 3.05) is 0 Å². The molecule has 2 saturated heterocycles. The maximum atomic E-state index is 13.4. The molecule has 1 aromatic rings. The van der Waals surface area contributed by atoms with E-state index >= 15 is 0 Å². The standard InChI is InChI=1S/C19H15FN4O2/c1-3-4-15-17(9-21,10-22)18(11-23)12(2)19(25-15,26-16(18)24)13-5-7-14(20)8-6-13/h3-8,12,15,24H,1-2H3. The smallest absolute Gasteiger partial charge is 0.244 e. The molecular weight excluding hydrogens is 335 g/mol. The Morgan fingerprint density at radius 2 is 1.77 bits per heavy atom. The molecule has 4 atom stereocenters. The van der Waals surface area contributed by atoms with Crippen molar-refractivity contribution in [3.63, 3.8) is 0 Å². The van der Waals surface area contributed by atoms with Crippen LogP contribution in [0.15, 0.2) is 36.4 Å². The first kappa shape index (κ1) is 17.6. The van der Waals surface area contributed by atoms with Crippen molar-refractivity contribution >= 4 is 5.90 Å². The lowest BCUT2D eigenvalue weighted by Gasteiger charge is -2.47. The molecular formula is C19H15FN4O2. The topological polar surface area (TPSA) is 114 Å². The monoisotopic (exact) mass is 350 g/mol. The molecule has 0 saturated carbocycles. The zero-order valence-electron chi connectivity index (χ0n) is 14.2. The fourth-order valence-corrected chi connectivity index (χ4v) is 3.93. The van der Waals surface area contributed by atoms with Crippen LogP contribution in [0, 0.1) is 62.0 Å². The fourth-order valence-electron chi connectivity index (χ4n) is 3.93. The number of hydrogen-bond donors (Lipinski definition) is 1. The van der Waals surface area contributed by atoms with Crippen molar-refractivity contribution in [3.8, 4) is 18.2 Å². The van der Waals surface area contributed by atoms with Gasteiger partial charge < -0.3 is 9.47 Å². The summed E-state index contributed by atoms with van der Waals surface area (Å²) in [7, 11) is 0. The molecule has 2 heterocycles. The number of nitrogens with one attached hydrogen (secondary N) is 1. The Labute approximate surface area is 150 Å². The van der Waals surface area contributed by atoms with Crippen LogP contribution >= 0.6 is 0 Å². The van der Waals surface area contributed by atoms with Crippen LogP contribution in [0.3, 0.4) is 0 Å². The van der Waals surface area contributed by atoms with Crippen LogP contribution < -0.4 is 0 Å². The highest BCUT2D eigenvalue weighted by Gasteiger charge is 2.79. The van der Waals surface area contributed by atoms with Crippen LogP contribution in [-0.2, 0) is 15.3 Å². The van der Waals surface area contributed by atoms with E-state index in [9.17, 15) is 20.2 Å². The predicted octanol–water partition coefficient (Wildman–Crippen LogP) is 3.14. The first-order valence-electron chi connectivity index (χ1n) is 7.97. The molecule has 2 aliphatic heterocycles. The lowest BCUT2D eigenvalue weighted by atomic mass is 9.54. The van der Waals surface area contributed by atoms with Crippen molar-refractivity contribution in [1.82, 2.24) is 0 Å². The number of ether oxygens (including phenoxy) is 2. The molecule has 3 rings (SSSR count). The molecule has 0 amide bonds. The van der Waals surface area contributed by atoms with Gasteiger partial charge in [0.1, 0.15) is 11.9 Å². The van der Waals surface area contributed by atoms with E-state index in [-0.39, 0.29) is 0 Å². The van der Waals surface area contributed by atoms with Gasteiger partial charge in [0.2, 0.25) is 17.1 Å². The number of hydrogen-bond acceptors (Lipinski definition) is 6. The second kappa shape index (κ2) is 5.66. The van der Waals surface area contributed by atoms with E-state index in [1.807, 2.05) is 18.2 Å². The lowest BCUT2D eigenvalue weighted by molar-refractivity contribution is -0.273. The minimum atomic E-state index is -1.95. The molecule has 7 heteroatoms. The van der Waals surface area contributed by atoms with Gasteiger partial charge in [-0.15, -0.1) is 0 Å². The Hall–Kier alpha value is -3.21. The van der Waals surface area contributed by atoms with Crippen LogP contribution in [0.1, 0.15) is 19.4 Å². The molecule has 0 aromatic heterocycles. The van der Waals surface area contributed by atoms with E-state index < -0.39 is 40.4 Å². The predicted molar refractivity (Wildman–Crippen MR) is 87.4 cm³/mol. The lowest BCUT2D eigenvalue weighted by Crippen LogP contribution is -2.60. The third-order valence-corrected chi connectivity index (χ3v) is 5.33. The van der Waals surface area contributed by atoms with E-state index in [0.717, 1.165) is 0 Å². The van der Waals surface area contributed by atoms with Gasteiger partial charge in [0, 0.05) is 5.56 Å². The second-order valence-corrected chi connectivity index (χ2v) is 6.34. The summed E-state index contributed by atoms with van der Waals surface area (Å²) < 4.78 is 25.2. The van der Waals surface area contributed by atoms with Crippen molar-refractivity contribution < 1.29 is 13.9 Å². The van der Waals surface area contributed by atoms with Crippen LogP contribution in [-0.4, -0.2) is 12.0 Å². The van der Waals surface area contributed by atoms with E-state index in [4.69, 9.17) is 14.9 Å². The molecule has 4 unspecified atom stereocenters. The van der Waals surface area contributed by atoms with Crippen LogP contribution in [0.4, 0.5) is 4.39 Å². The maximum Gasteiger partial charge on any atom is 0.244 e. The molecule has 26 heavy (non-hydrogen) atoms. The van der Waals surface area contributed by atoms with Gasteiger partial charge in [-0.25, -0.2) is 4.39 Å². The molecule has 1 N–H and O–H groups in total. The molecule has 2 bridgehead atoms. The number of rotatable bonds is 2. The third-order valence-electron chi connectivity index (χ3n) is 5.33. The Balaban J connectivity index is 2.33. The molecule has 2 fully saturated rings. The maximum absolute atomic E-state index is 13.4. The third kappa shape index (κ3) is 1.77. The Morgan fingerprint density at radius 1 is 1.15 bits per heavy atom. The van der Waals surface area contributed by atoms with Gasteiger partial charge in [-0.3, -0.25) is 5.41 Å². The number of allylic oxidation sites excluding steroid dienone is 1. The second-order valence-electron chi connectivity index (χ2n) is 6.34. The van der Waals surface area contributed by atoms with Gasteiger partial charge in [0.15, 0.2) is 5.41 Å². The first-order valence-corrected chi connectivity index (χ1v) is 7.97. The van der Waals surface area contributed by atoms with Gasteiger partial charge in [-0.2, -0.15) is 15.8 Å².